The number of nitrogens with one attached hydrogen (secondary N) is 2. The van der Waals surface area contributed by atoms with E-state index >= 15 is 0 Å². The van der Waals surface area contributed by atoms with Crippen LogP contribution in [0.15, 0.2) is 12.4 Å². The lowest BCUT2D eigenvalue weighted by atomic mass is 10.1. The van der Waals surface area contributed by atoms with E-state index in [1.807, 2.05) is 0 Å². The highest BCUT2D eigenvalue weighted by atomic mass is 16.3. The minimum absolute atomic E-state index is 0.183. The number of anilines is 1. The first kappa shape index (κ1) is 13.7. The van der Waals surface area contributed by atoms with Crippen molar-refractivity contribution in [2.24, 2.45) is 0 Å². The minimum atomic E-state index is -1.02. The van der Waals surface area contributed by atoms with Gasteiger partial charge in [-0.3, -0.25) is 0 Å². The van der Waals surface area contributed by atoms with Gasteiger partial charge in [0.25, 0.3) is 0 Å². The van der Waals surface area contributed by atoms with E-state index in [4.69, 9.17) is 15.9 Å². The van der Waals surface area contributed by atoms with Crippen LogP contribution >= 0.6 is 0 Å². The molecule has 2 rings (SSSR count). The molecule has 8 heteroatoms. The quantitative estimate of drug-likeness (QED) is 0.368. The molecule has 0 unspecified atom stereocenters. The number of aromatic nitrogens is 3. The summed E-state index contributed by atoms with van der Waals surface area (Å²) in [4.78, 5) is 11.0. The van der Waals surface area contributed by atoms with Crippen LogP contribution in [0.5, 0.6) is 0 Å². The second-order valence-electron chi connectivity index (χ2n) is 4.22. The number of H-pyrrole nitrogens is 1. The second-order valence-corrected chi connectivity index (χ2v) is 4.22. The van der Waals surface area contributed by atoms with Gasteiger partial charge in [-0.25, -0.2) is 9.97 Å². The van der Waals surface area contributed by atoms with Crippen LogP contribution in [0.1, 0.15) is 5.56 Å². The van der Waals surface area contributed by atoms with Crippen molar-refractivity contribution < 1.29 is 15.3 Å². The molecule has 7 N–H and O–H groups in total. The number of hydrogen-bond donors (Lipinski definition) is 6. The van der Waals surface area contributed by atoms with Crippen LogP contribution in [-0.2, 0) is 6.54 Å². The summed E-state index contributed by atoms with van der Waals surface area (Å²) >= 11 is 0. The van der Waals surface area contributed by atoms with Gasteiger partial charge < -0.3 is 31.4 Å². The number of fused-ring (bicyclic) bond motifs is 1. The number of rotatable bonds is 6. The van der Waals surface area contributed by atoms with Crippen molar-refractivity contribution in [1.82, 2.24) is 20.3 Å². The fourth-order valence-electron chi connectivity index (χ4n) is 1.80. The summed E-state index contributed by atoms with van der Waals surface area (Å²) in [5, 5.41) is 30.4. The van der Waals surface area contributed by atoms with E-state index < -0.39 is 18.8 Å². The first-order chi connectivity index (χ1) is 9.15. The molecule has 2 aromatic heterocycles. The van der Waals surface area contributed by atoms with Crippen LogP contribution in [-0.4, -0.2) is 55.6 Å². The van der Waals surface area contributed by atoms with E-state index in [2.05, 4.69) is 20.3 Å². The lowest BCUT2D eigenvalue weighted by Gasteiger charge is -2.20. The SMILES string of the molecule is Nc1ncc2[nH]cc(CN[C@H](CO)[C@H](O)CO)c2n1. The maximum Gasteiger partial charge on any atom is 0.220 e. The van der Waals surface area contributed by atoms with Crippen LogP contribution in [0.25, 0.3) is 11.0 Å². The average Bonchev–Trinajstić information content (AvgIpc) is 2.81. The second kappa shape index (κ2) is 5.93. The van der Waals surface area contributed by atoms with E-state index in [0.717, 1.165) is 11.1 Å². The van der Waals surface area contributed by atoms with Crippen LogP contribution in [0.3, 0.4) is 0 Å². The zero-order valence-corrected chi connectivity index (χ0v) is 10.2. The topological polar surface area (TPSA) is 140 Å². The summed E-state index contributed by atoms with van der Waals surface area (Å²) in [6, 6.07) is -0.603. The molecule has 0 aliphatic heterocycles. The van der Waals surface area contributed by atoms with E-state index in [0.29, 0.717) is 12.1 Å². The summed E-state index contributed by atoms with van der Waals surface area (Å²) in [5.74, 6) is 0.183. The standard InChI is InChI=1S/C11H17N5O3/c12-11-15-3-7-10(16-11)6(1-13-7)2-14-8(4-17)9(19)5-18/h1,3,8-9,13-14,17-19H,2,4-5H2,(H2,12,15,16)/t8-,9-/m1/s1. The van der Waals surface area contributed by atoms with Gasteiger partial charge in [0, 0.05) is 18.3 Å². The molecule has 0 aromatic carbocycles. The Hall–Kier alpha value is -1.74. The van der Waals surface area contributed by atoms with Crippen molar-refractivity contribution in [3.8, 4) is 0 Å². The van der Waals surface area contributed by atoms with E-state index in [-0.39, 0.29) is 12.6 Å². The lowest BCUT2D eigenvalue weighted by molar-refractivity contribution is 0.0411. The maximum atomic E-state index is 9.48. The third kappa shape index (κ3) is 2.99. The summed E-state index contributed by atoms with van der Waals surface area (Å²) in [7, 11) is 0. The molecular formula is C11H17N5O3. The highest BCUT2D eigenvalue weighted by molar-refractivity contribution is 5.78. The number of aromatic amines is 1. The molecule has 8 nitrogen and oxygen atoms in total. The molecule has 2 heterocycles. The molecule has 0 amide bonds. The molecule has 0 aliphatic carbocycles. The Morgan fingerprint density at radius 2 is 2.16 bits per heavy atom. The Kier molecular flexibility index (Phi) is 4.27. The van der Waals surface area contributed by atoms with Gasteiger partial charge in [0.2, 0.25) is 5.95 Å². The predicted molar refractivity (Wildman–Crippen MR) is 69.1 cm³/mol. The molecule has 0 aliphatic rings. The largest absolute Gasteiger partial charge is 0.395 e. The van der Waals surface area contributed by atoms with Gasteiger partial charge in [-0.15, -0.1) is 0 Å². The molecule has 0 saturated heterocycles. The number of aliphatic hydroxyl groups excluding tert-OH is 3. The molecule has 0 fully saturated rings. The predicted octanol–water partition coefficient (Wildman–Crippen LogP) is -1.66. The van der Waals surface area contributed by atoms with Crippen molar-refractivity contribution in [1.29, 1.82) is 0 Å². The summed E-state index contributed by atoms with van der Waals surface area (Å²) in [6.07, 6.45) is 2.33. The smallest absolute Gasteiger partial charge is 0.220 e. The van der Waals surface area contributed by atoms with Crippen LogP contribution in [0.2, 0.25) is 0 Å². The van der Waals surface area contributed by atoms with E-state index in [1.165, 1.54) is 0 Å². The molecule has 0 radical (unpaired) electrons. The van der Waals surface area contributed by atoms with Gasteiger partial charge in [-0.05, 0) is 0 Å². The summed E-state index contributed by atoms with van der Waals surface area (Å²) in [5.41, 5.74) is 7.82. The first-order valence-corrected chi connectivity index (χ1v) is 5.87. The monoisotopic (exact) mass is 267 g/mol. The molecule has 2 atom stereocenters. The third-order valence-corrected chi connectivity index (χ3v) is 2.92. The van der Waals surface area contributed by atoms with E-state index in [1.54, 1.807) is 12.4 Å². The number of nitrogens with two attached hydrogens (primary N) is 1. The van der Waals surface area contributed by atoms with Crippen LogP contribution in [0, 0.1) is 0 Å². The normalized spacial score (nSPS) is 14.7. The summed E-state index contributed by atoms with van der Waals surface area (Å²) in [6.45, 7) is -0.318. The third-order valence-electron chi connectivity index (χ3n) is 2.92. The molecule has 0 spiro atoms. The molecule has 2 aromatic rings. The van der Waals surface area contributed by atoms with Gasteiger partial charge in [0.15, 0.2) is 0 Å². The Balaban J connectivity index is 2.11. The molecule has 19 heavy (non-hydrogen) atoms. The maximum absolute atomic E-state index is 9.48. The number of nitrogen functional groups attached to an aromatic ring is 1. The van der Waals surface area contributed by atoms with Crippen molar-refractivity contribution in [3.05, 3.63) is 18.0 Å². The number of hydrogen-bond acceptors (Lipinski definition) is 7. The summed E-state index contributed by atoms with van der Waals surface area (Å²) < 4.78 is 0. The Bertz CT molecular complexity index is 544. The zero-order chi connectivity index (χ0) is 13.8. The minimum Gasteiger partial charge on any atom is -0.395 e. The van der Waals surface area contributed by atoms with E-state index in [9.17, 15) is 5.11 Å². The highest BCUT2D eigenvalue weighted by Crippen LogP contribution is 2.15. The van der Waals surface area contributed by atoms with Crippen molar-refractivity contribution >= 4 is 17.0 Å². The van der Waals surface area contributed by atoms with Crippen molar-refractivity contribution in [3.63, 3.8) is 0 Å². The molecule has 104 valence electrons. The lowest BCUT2D eigenvalue weighted by Crippen LogP contribution is -2.44. The fourth-order valence-corrected chi connectivity index (χ4v) is 1.80. The molecule has 0 saturated carbocycles. The van der Waals surface area contributed by atoms with Crippen molar-refractivity contribution in [2.45, 2.75) is 18.7 Å². The number of nitrogens with zero attached hydrogens (tertiary/aromatic N) is 2. The Morgan fingerprint density at radius 3 is 2.84 bits per heavy atom. The van der Waals surface area contributed by atoms with Gasteiger partial charge >= 0.3 is 0 Å². The van der Waals surface area contributed by atoms with Crippen molar-refractivity contribution in [2.75, 3.05) is 18.9 Å². The van der Waals surface area contributed by atoms with Gasteiger partial charge in [0.1, 0.15) is 0 Å². The molecule has 0 bridgehead atoms. The Morgan fingerprint density at radius 1 is 1.37 bits per heavy atom. The first-order valence-electron chi connectivity index (χ1n) is 5.87. The van der Waals surface area contributed by atoms with Crippen LogP contribution < -0.4 is 11.1 Å². The van der Waals surface area contributed by atoms with Gasteiger partial charge in [0.05, 0.1) is 42.6 Å². The van der Waals surface area contributed by atoms with Gasteiger partial charge in [-0.1, -0.05) is 0 Å². The zero-order valence-electron chi connectivity index (χ0n) is 10.2. The fraction of sp³-hybridized carbons (Fsp3) is 0.455. The van der Waals surface area contributed by atoms with Gasteiger partial charge in [-0.2, -0.15) is 0 Å². The average molecular weight is 267 g/mol. The van der Waals surface area contributed by atoms with Crippen LogP contribution in [0.4, 0.5) is 5.95 Å². The molecular weight excluding hydrogens is 250 g/mol. The highest BCUT2D eigenvalue weighted by Gasteiger charge is 2.17. The number of aliphatic hydroxyl groups is 3. The Labute approximate surface area is 109 Å².